The van der Waals surface area contributed by atoms with Crippen molar-refractivity contribution in [1.82, 2.24) is 29.5 Å². The maximum atomic E-state index is 12.8. The summed E-state index contributed by atoms with van der Waals surface area (Å²) in [7, 11) is 2.19. The molecule has 0 bridgehead atoms. The molecule has 224 valence electrons. The molecule has 1 aliphatic heterocycles. The number of hydrogen-bond acceptors (Lipinski definition) is 8. The Morgan fingerprint density at radius 3 is 2.30 bits per heavy atom. The number of piperazine rings is 1. The highest BCUT2D eigenvalue weighted by molar-refractivity contribution is 5.99. The third-order valence-electron chi connectivity index (χ3n) is 8.92. The van der Waals surface area contributed by atoms with Gasteiger partial charge in [-0.3, -0.25) is 14.5 Å². The third kappa shape index (κ3) is 6.23. The highest BCUT2D eigenvalue weighted by Crippen LogP contribution is 2.37. The normalized spacial score (nSPS) is 20.6. The average Bonchev–Trinajstić information content (AvgIpc) is 3.42. The summed E-state index contributed by atoms with van der Waals surface area (Å²) in [5.74, 6) is -1.94. The van der Waals surface area contributed by atoms with Crippen molar-refractivity contribution < 1.29 is 14.7 Å². The smallest absolute Gasteiger partial charge is 0.311 e. The summed E-state index contributed by atoms with van der Waals surface area (Å²) in [5, 5.41) is 18.3. The Hall–Kier alpha value is -4.35. The van der Waals surface area contributed by atoms with Crippen molar-refractivity contribution in [2.45, 2.75) is 50.1 Å². The fraction of sp³-hybridized carbons (Fsp3) is 0.406. The molecule has 1 aliphatic carbocycles. The van der Waals surface area contributed by atoms with Crippen molar-refractivity contribution in [3.05, 3.63) is 66.5 Å². The molecule has 11 heteroatoms. The number of anilines is 2. The molecular formula is C32H38N8O3. The first kappa shape index (κ1) is 28.8. The second-order valence-electron chi connectivity index (χ2n) is 11.7. The topological polar surface area (TPSA) is 142 Å². The number of aliphatic carboxylic acids is 1. The standard InChI is InChI=1S/C32H38N8O3/c1-38-15-17-39(18-16-38)24-11-13-25(14-12-24)40-31-28(30(33)34-20-35-31)29(37-40)22-7-9-23(10-8-22)36-27(41)19-26(32(42)43)21-5-3-2-4-6-21/h2-10,20,24-26H,11-19H2,1H3,(H,36,41)(H,42,43)(H2,33,34,35). The lowest BCUT2D eigenvalue weighted by Gasteiger charge is -2.41. The minimum absolute atomic E-state index is 0.166. The van der Waals surface area contributed by atoms with Gasteiger partial charge in [-0.05, 0) is 50.4 Å². The number of nitrogens with zero attached hydrogens (tertiary/aromatic N) is 6. The number of benzene rings is 2. The van der Waals surface area contributed by atoms with Gasteiger partial charge in [0.15, 0.2) is 5.65 Å². The van der Waals surface area contributed by atoms with Crippen LogP contribution >= 0.6 is 0 Å². The predicted molar refractivity (Wildman–Crippen MR) is 166 cm³/mol. The summed E-state index contributed by atoms with van der Waals surface area (Å²) in [6.45, 7) is 4.52. The maximum Gasteiger partial charge on any atom is 0.311 e. The average molecular weight is 583 g/mol. The quantitative estimate of drug-likeness (QED) is 0.281. The maximum absolute atomic E-state index is 12.8. The van der Waals surface area contributed by atoms with E-state index in [1.54, 1.807) is 36.4 Å². The molecule has 3 heterocycles. The molecule has 1 saturated carbocycles. The van der Waals surface area contributed by atoms with E-state index in [1.807, 2.05) is 22.9 Å². The zero-order valence-electron chi connectivity index (χ0n) is 24.4. The second-order valence-corrected chi connectivity index (χ2v) is 11.7. The number of nitrogen functional groups attached to an aromatic ring is 1. The number of fused-ring (bicyclic) bond motifs is 1. The van der Waals surface area contributed by atoms with Crippen LogP contribution in [0, 0.1) is 0 Å². The zero-order valence-corrected chi connectivity index (χ0v) is 24.4. The van der Waals surface area contributed by atoms with E-state index in [4.69, 9.17) is 10.8 Å². The van der Waals surface area contributed by atoms with Crippen LogP contribution in [0.25, 0.3) is 22.3 Å². The van der Waals surface area contributed by atoms with E-state index in [1.165, 1.54) is 6.33 Å². The van der Waals surface area contributed by atoms with Gasteiger partial charge in [0.05, 0.1) is 17.3 Å². The Balaban J connectivity index is 1.17. The molecule has 4 aromatic rings. The predicted octanol–water partition coefficient (Wildman–Crippen LogP) is 4.00. The molecule has 1 unspecified atom stereocenters. The van der Waals surface area contributed by atoms with E-state index < -0.39 is 11.9 Å². The van der Waals surface area contributed by atoms with Crippen molar-refractivity contribution in [1.29, 1.82) is 0 Å². The van der Waals surface area contributed by atoms with E-state index in [9.17, 15) is 14.7 Å². The molecule has 1 amide bonds. The number of carboxylic acid groups (broad SMARTS) is 1. The number of aromatic nitrogens is 4. The molecule has 2 aromatic carbocycles. The summed E-state index contributed by atoms with van der Waals surface area (Å²) < 4.78 is 2.04. The summed E-state index contributed by atoms with van der Waals surface area (Å²) in [5.41, 5.74) is 9.81. The minimum Gasteiger partial charge on any atom is -0.481 e. The molecule has 0 spiro atoms. The summed E-state index contributed by atoms with van der Waals surface area (Å²) in [4.78, 5) is 38.5. The second kappa shape index (κ2) is 12.5. The van der Waals surface area contributed by atoms with Gasteiger partial charge in [0, 0.05) is 49.9 Å². The number of nitrogens with two attached hydrogens (primary N) is 1. The number of carboxylic acids is 1. The van der Waals surface area contributed by atoms with Crippen LogP contribution in [0.1, 0.15) is 49.6 Å². The molecule has 1 saturated heterocycles. The Bertz CT molecular complexity index is 1570. The van der Waals surface area contributed by atoms with Gasteiger partial charge in [0.25, 0.3) is 0 Å². The highest BCUT2D eigenvalue weighted by atomic mass is 16.4. The minimum atomic E-state index is -1.04. The van der Waals surface area contributed by atoms with E-state index in [0.717, 1.165) is 68.5 Å². The first-order valence-corrected chi connectivity index (χ1v) is 15.0. The van der Waals surface area contributed by atoms with E-state index in [-0.39, 0.29) is 18.4 Å². The number of rotatable bonds is 8. The third-order valence-corrected chi connectivity index (χ3v) is 8.92. The van der Waals surface area contributed by atoms with Crippen LogP contribution in [0.3, 0.4) is 0 Å². The molecule has 2 aliphatic rings. The van der Waals surface area contributed by atoms with Crippen molar-refractivity contribution >= 4 is 34.4 Å². The molecule has 6 rings (SSSR count). The first-order chi connectivity index (χ1) is 20.9. The van der Waals surface area contributed by atoms with Crippen LogP contribution in [0.4, 0.5) is 11.5 Å². The zero-order chi connectivity index (χ0) is 29.9. The van der Waals surface area contributed by atoms with Crippen LogP contribution in [0.5, 0.6) is 0 Å². The molecule has 2 fully saturated rings. The van der Waals surface area contributed by atoms with Crippen molar-refractivity contribution in [3.63, 3.8) is 0 Å². The molecule has 43 heavy (non-hydrogen) atoms. The molecule has 0 radical (unpaired) electrons. The number of likely N-dealkylation sites (N-methyl/N-ethyl adjacent to an activating group) is 1. The molecule has 4 N–H and O–H groups in total. The lowest BCUT2D eigenvalue weighted by Crippen LogP contribution is -2.49. The van der Waals surface area contributed by atoms with Gasteiger partial charge in [0.2, 0.25) is 5.91 Å². The van der Waals surface area contributed by atoms with Crippen LogP contribution in [0.15, 0.2) is 60.9 Å². The lowest BCUT2D eigenvalue weighted by molar-refractivity contribution is -0.140. The number of amides is 1. The number of carbonyl (C=O) groups excluding carboxylic acids is 1. The molecule has 1 atom stereocenters. The van der Waals surface area contributed by atoms with Crippen molar-refractivity contribution in [3.8, 4) is 11.3 Å². The number of carbonyl (C=O) groups is 2. The fourth-order valence-electron chi connectivity index (χ4n) is 6.45. The lowest BCUT2D eigenvalue weighted by atomic mass is 9.90. The van der Waals surface area contributed by atoms with Gasteiger partial charge < -0.3 is 21.1 Å². The van der Waals surface area contributed by atoms with Gasteiger partial charge in [-0.15, -0.1) is 0 Å². The van der Waals surface area contributed by atoms with Gasteiger partial charge >= 0.3 is 5.97 Å². The van der Waals surface area contributed by atoms with Gasteiger partial charge in [0.1, 0.15) is 17.8 Å². The van der Waals surface area contributed by atoms with E-state index in [0.29, 0.717) is 28.8 Å². The van der Waals surface area contributed by atoms with Crippen LogP contribution < -0.4 is 11.1 Å². The Kier molecular flexibility index (Phi) is 8.35. The van der Waals surface area contributed by atoms with E-state index >= 15 is 0 Å². The number of hydrogen-bond donors (Lipinski definition) is 3. The molecular weight excluding hydrogens is 544 g/mol. The van der Waals surface area contributed by atoms with Crippen LogP contribution in [-0.4, -0.2) is 85.8 Å². The monoisotopic (exact) mass is 582 g/mol. The van der Waals surface area contributed by atoms with Crippen LogP contribution in [-0.2, 0) is 9.59 Å². The van der Waals surface area contributed by atoms with Gasteiger partial charge in [-0.25, -0.2) is 14.6 Å². The van der Waals surface area contributed by atoms with E-state index in [2.05, 4.69) is 32.1 Å². The SMILES string of the molecule is CN1CCN(C2CCC(n3nc(-c4ccc(NC(=O)CC(C(=O)O)c5ccccc5)cc4)c4c(N)ncnc43)CC2)CC1. The molecule has 11 nitrogen and oxygen atoms in total. The molecule has 2 aromatic heterocycles. The van der Waals surface area contributed by atoms with Crippen molar-refractivity contribution in [2.75, 3.05) is 44.3 Å². The Labute approximate surface area is 250 Å². The Morgan fingerprint density at radius 1 is 0.953 bits per heavy atom. The van der Waals surface area contributed by atoms with Gasteiger partial charge in [-0.2, -0.15) is 5.10 Å². The largest absolute Gasteiger partial charge is 0.481 e. The fourth-order valence-corrected chi connectivity index (χ4v) is 6.45. The summed E-state index contributed by atoms with van der Waals surface area (Å²) in [6.07, 6.45) is 5.65. The van der Waals surface area contributed by atoms with Crippen LogP contribution in [0.2, 0.25) is 0 Å². The highest BCUT2D eigenvalue weighted by Gasteiger charge is 2.31. The summed E-state index contributed by atoms with van der Waals surface area (Å²) >= 11 is 0. The number of nitrogens with one attached hydrogen (secondary N) is 1. The Morgan fingerprint density at radius 2 is 1.63 bits per heavy atom. The summed E-state index contributed by atoms with van der Waals surface area (Å²) in [6, 6.07) is 17.0. The van der Waals surface area contributed by atoms with Gasteiger partial charge in [-0.1, -0.05) is 42.5 Å². The first-order valence-electron chi connectivity index (χ1n) is 15.0. The van der Waals surface area contributed by atoms with Crippen molar-refractivity contribution in [2.24, 2.45) is 0 Å².